The van der Waals surface area contributed by atoms with Gasteiger partial charge >= 0.3 is 6.09 Å². The van der Waals surface area contributed by atoms with Crippen LogP contribution in [0.4, 0.5) is 10.5 Å². The molecule has 1 aliphatic heterocycles. The largest absolute Gasteiger partial charge is 0.444 e. The van der Waals surface area contributed by atoms with E-state index >= 15 is 0 Å². The van der Waals surface area contributed by atoms with E-state index in [0.717, 1.165) is 24.0 Å². The maximum absolute atomic E-state index is 12.2. The highest BCUT2D eigenvalue weighted by atomic mass is 16.6. The van der Waals surface area contributed by atoms with Crippen molar-refractivity contribution in [1.82, 2.24) is 15.3 Å². The van der Waals surface area contributed by atoms with Gasteiger partial charge in [0.25, 0.3) is 0 Å². The number of pyridine rings is 2. The number of piperidine rings is 1. The molecule has 1 aliphatic rings. The summed E-state index contributed by atoms with van der Waals surface area (Å²) in [6.07, 6.45) is 3.88. The molecule has 27 heavy (non-hydrogen) atoms. The number of carbonyl (C=O) groups is 1. The number of hydrogen-bond acceptors (Lipinski definition) is 6. The van der Waals surface area contributed by atoms with Crippen molar-refractivity contribution in [1.29, 1.82) is 5.26 Å². The van der Waals surface area contributed by atoms with E-state index in [1.54, 1.807) is 12.4 Å². The average molecular weight is 367 g/mol. The number of aromatic nitrogens is 2. The predicted molar refractivity (Wildman–Crippen MR) is 103 cm³/mol. The fraction of sp³-hybridized carbons (Fsp3) is 0.500. The van der Waals surface area contributed by atoms with Crippen LogP contribution in [-0.4, -0.2) is 40.8 Å². The molecule has 2 atom stereocenters. The van der Waals surface area contributed by atoms with Gasteiger partial charge in [-0.05, 0) is 45.2 Å². The van der Waals surface area contributed by atoms with Crippen molar-refractivity contribution in [2.24, 2.45) is 5.92 Å². The number of hydrogen-bond donors (Lipinski definition) is 1. The van der Waals surface area contributed by atoms with E-state index < -0.39 is 11.7 Å². The first-order chi connectivity index (χ1) is 12.8. The Hall–Kier alpha value is -2.88. The molecular formula is C20H25N5O2. The summed E-state index contributed by atoms with van der Waals surface area (Å²) in [5.41, 5.74) is 1.33. The van der Waals surface area contributed by atoms with E-state index in [4.69, 9.17) is 4.74 Å². The van der Waals surface area contributed by atoms with E-state index in [1.807, 2.05) is 32.9 Å². The molecule has 0 radical (unpaired) electrons. The third-order valence-electron chi connectivity index (χ3n) is 4.45. The highest BCUT2D eigenvalue weighted by Gasteiger charge is 2.29. The van der Waals surface area contributed by atoms with Crippen LogP contribution in [-0.2, 0) is 4.74 Å². The van der Waals surface area contributed by atoms with Crippen LogP contribution in [0.25, 0.3) is 10.9 Å². The minimum atomic E-state index is -0.525. The molecule has 0 bridgehead atoms. The number of alkyl carbamates (subject to hydrolysis) is 1. The molecule has 7 heteroatoms. The molecule has 0 aliphatic carbocycles. The summed E-state index contributed by atoms with van der Waals surface area (Å²) in [6, 6.07) is 5.89. The van der Waals surface area contributed by atoms with Crippen molar-refractivity contribution < 1.29 is 9.53 Å². The second-order valence-corrected chi connectivity index (χ2v) is 8.09. The van der Waals surface area contributed by atoms with Gasteiger partial charge in [0.2, 0.25) is 0 Å². The molecule has 1 amide bonds. The molecule has 7 nitrogen and oxygen atoms in total. The smallest absolute Gasteiger partial charge is 0.407 e. The fourth-order valence-electron chi connectivity index (χ4n) is 3.52. The zero-order chi connectivity index (χ0) is 19.6. The van der Waals surface area contributed by atoms with Crippen LogP contribution in [0.5, 0.6) is 0 Å². The molecule has 0 spiro atoms. The molecule has 2 aromatic heterocycles. The van der Waals surface area contributed by atoms with Gasteiger partial charge in [-0.25, -0.2) is 9.78 Å². The van der Waals surface area contributed by atoms with Gasteiger partial charge in [0.1, 0.15) is 17.2 Å². The van der Waals surface area contributed by atoms with Gasteiger partial charge in [0.15, 0.2) is 5.69 Å². The first-order valence-corrected chi connectivity index (χ1v) is 9.15. The highest BCUT2D eigenvalue weighted by molar-refractivity contribution is 5.93. The summed E-state index contributed by atoms with van der Waals surface area (Å²) >= 11 is 0. The van der Waals surface area contributed by atoms with E-state index in [2.05, 4.69) is 33.2 Å². The molecule has 3 heterocycles. The standard InChI is InChI=1S/C20H25N5O2/c1-13-8-14(24-19(26)27-20(2,3)4)12-25(11-13)17-10-23-16(9-21)18-15(17)6-5-7-22-18/h5-7,10,13-14H,8,11-12H2,1-4H3,(H,24,26)/t13-,14+/m0/s1. The Morgan fingerprint density at radius 1 is 1.37 bits per heavy atom. The van der Waals surface area contributed by atoms with Crippen molar-refractivity contribution in [2.75, 3.05) is 18.0 Å². The quantitative estimate of drug-likeness (QED) is 0.876. The topological polar surface area (TPSA) is 91.1 Å². The summed E-state index contributed by atoms with van der Waals surface area (Å²) in [7, 11) is 0. The molecule has 142 valence electrons. The lowest BCUT2D eigenvalue weighted by atomic mass is 9.95. The lowest BCUT2D eigenvalue weighted by Crippen LogP contribution is -2.51. The van der Waals surface area contributed by atoms with Crippen LogP contribution in [0.15, 0.2) is 24.5 Å². The lowest BCUT2D eigenvalue weighted by molar-refractivity contribution is 0.0495. The third-order valence-corrected chi connectivity index (χ3v) is 4.45. The van der Waals surface area contributed by atoms with Crippen LogP contribution in [0, 0.1) is 17.2 Å². The normalized spacial score (nSPS) is 20.2. The molecule has 0 saturated carbocycles. The Kier molecular flexibility index (Phi) is 5.17. The zero-order valence-corrected chi connectivity index (χ0v) is 16.2. The number of nitrogens with one attached hydrogen (secondary N) is 1. The molecule has 1 N–H and O–H groups in total. The minimum absolute atomic E-state index is 0.0223. The van der Waals surface area contributed by atoms with Gasteiger partial charge in [0.05, 0.1) is 11.9 Å². The van der Waals surface area contributed by atoms with Crippen LogP contribution in [0.3, 0.4) is 0 Å². The number of fused-ring (bicyclic) bond motifs is 1. The van der Waals surface area contributed by atoms with Crippen molar-refractivity contribution in [2.45, 2.75) is 45.8 Å². The Bertz CT molecular complexity index is 884. The van der Waals surface area contributed by atoms with Gasteiger partial charge < -0.3 is 15.0 Å². The van der Waals surface area contributed by atoms with Gasteiger partial charge in [-0.15, -0.1) is 0 Å². The molecule has 3 rings (SSSR count). The summed E-state index contributed by atoms with van der Waals surface area (Å²) < 4.78 is 5.39. The molecule has 2 aromatic rings. The van der Waals surface area contributed by atoms with Crippen LogP contribution >= 0.6 is 0 Å². The summed E-state index contributed by atoms with van der Waals surface area (Å²) in [5.74, 6) is 0.390. The lowest BCUT2D eigenvalue weighted by Gasteiger charge is -2.38. The summed E-state index contributed by atoms with van der Waals surface area (Å²) in [6.45, 7) is 9.22. The molecule has 1 fully saturated rings. The summed E-state index contributed by atoms with van der Waals surface area (Å²) in [4.78, 5) is 23.0. The number of amides is 1. The monoisotopic (exact) mass is 367 g/mol. The number of nitrogens with zero attached hydrogens (tertiary/aromatic N) is 4. The summed E-state index contributed by atoms with van der Waals surface area (Å²) in [5, 5.41) is 13.2. The second-order valence-electron chi connectivity index (χ2n) is 8.09. The van der Waals surface area contributed by atoms with Crippen molar-refractivity contribution >= 4 is 22.7 Å². The fourth-order valence-corrected chi connectivity index (χ4v) is 3.52. The number of carbonyl (C=O) groups excluding carboxylic acids is 1. The van der Waals surface area contributed by atoms with Crippen LogP contribution < -0.4 is 10.2 Å². The van der Waals surface area contributed by atoms with Crippen molar-refractivity contribution in [3.8, 4) is 6.07 Å². The van der Waals surface area contributed by atoms with Crippen molar-refractivity contribution in [3.63, 3.8) is 0 Å². The van der Waals surface area contributed by atoms with Gasteiger partial charge in [-0.2, -0.15) is 5.26 Å². The Morgan fingerprint density at radius 3 is 2.85 bits per heavy atom. The Morgan fingerprint density at radius 2 is 2.15 bits per heavy atom. The molecule has 0 aromatic carbocycles. The first kappa shape index (κ1) is 18.9. The Labute approximate surface area is 159 Å². The Balaban J connectivity index is 1.84. The molecular weight excluding hydrogens is 342 g/mol. The number of ether oxygens (including phenoxy) is 1. The maximum atomic E-state index is 12.2. The van der Waals surface area contributed by atoms with Gasteiger partial charge in [-0.3, -0.25) is 4.98 Å². The zero-order valence-electron chi connectivity index (χ0n) is 16.2. The number of rotatable bonds is 2. The van der Waals surface area contributed by atoms with E-state index in [-0.39, 0.29) is 6.04 Å². The van der Waals surface area contributed by atoms with E-state index in [9.17, 15) is 10.1 Å². The first-order valence-electron chi connectivity index (χ1n) is 9.15. The molecule has 0 unspecified atom stereocenters. The van der Waals surface area contributed by atoms with Crippen molar-refractivity contribution in [3.05, 3.63) is 30.2 Å². The van der Waals surface area contributed by atoms with Crippen LogP contribution in [0.1, 0.15) is 39.8 Å². The second kappa shape index (κ2) is 7.39. The van der Waals surface area contributed by atoms with Crippen LogP contribution in [0.2, 0.25) is 0 Å². The number of anilines is 1. The van der Waals surface area contributed by atoms with E-state index in [0.29, 0.717) is 23.7 Å². The molecule has 1 saturated heterocycles. The SMILES string of the molecule is C[C@H]1C[C@@H](NC(=O)OC(C)(C)C)CN(c2cnc(C#N)c3ncccc23)C1. The third kappa shape index (κ3) is 4.45. The van der Waals surface area contributed by atoms with E-state index in [1.165, 1.54) is 0 Å². The van der Waals surface area contributed by atoms with Gasteiger partial charge in [0, 0.05) is 30.7 Å². The van der Waals surface area contributed by atoms with Gasteiger partial charge in [-0.1, -0.05) is 6.92 Å². The maximum Gasteiger partial charge on any atom is 0.407 e. The average Bonchev–Trinajstić information content (AvgIpc) is 2.58. The number of nitriles is 1. The highest BCUT2D eigenvalue weighted by Crippen LogP contribution is 2.30. The minimum Gasteiger partial charge on any atom is -0.444 e. The predicted octanol–water partition coefficient (Wildman–Crippen LogP) is 3.24.